The molecule has 1 aliphatic rings. The molecule has 0 aromatic carbocycles. The Bertz CT molecular complexity index is 233. The number of carboxylic acids is 1. The van der Waals surface area contributed by atoms with Crippen molar-refractivity contribution in [3.8, 4) is 0 Å². The van der Waals surface area contributed by atoms with Crippen LogP contribution in [0.2, 0.25) is 0 Å². The van der Waals surface area contributed by atoms with Gasteiger partial charge in [-0.1, -0.05) is 6.92 Å². The Morgan fingerprint density at radius 2 is 2.23 bits per heavy atom. The van der Waals surface area contributed by atoms with Gasteiger partial charge >= 0.3 is 5.97 Å². The molecular weight excluding hydrogens is 166 g/mol. The molecule has 0 spiro atoms. The molecule has 3 heteroatoms. The summed E-state index contributed by atoms with van der Waals surface area (Å²) in [5, 5.41) is 8.50. The van der Waals surface area contributed by atoms with Crippen LogP contribution < -0.4 is 0 Å². The van der Waals surface area contributed by atoms with Gasteiger partial charge in [0.15, 0.2) is 0 Å². The van der Waals surface area contributed by atoms with E-state index in [-0.39, 0.29) is 5.54 Å². The van der Waals surface area contributed by atoms with E-state index in [1.165, 1.54) is 6.08 Å². The molecule has 3 nitrogen and oxygen atoms in total. The molecule has 0 saturated carbocycles. The van der Waals surface area contributed by atoms with Gasteiger partial charge in [-0.3, -0.25) is 0 Å². The van der Waals surface area contributed by atoms with Crippen LogP contribution in [0.4, 0.5) is 0 Å². The van der Waals surface area contributed by atoms with Crippen LogP contribution in [-0.4, -0.2) is 28.1 Å². The van der Waals surface area contributed by atoms with E-state index in [0.717, 1.165) is 13.0 Å². The Morgan fingerprint density at radius 3 is 2.62 bits per heavy atom. The third-order valence-corrected chi connectivity index (χ3v) is 2.53. The lowest BCUT2D eigenvalue weighted by atomic mass is 9.98. The number of carbonyl (C=O) groups is 1. The number of likely N-dealkylation sites (tertiary alicyclic amines) is 1. The van der Waals surface area contributed by atoms with Gasteiger partial charge in [0.05, 0.1) is 0 Å². The van der Waals surface area contributed by atoms with Crippen molar-refractivity contribution < 1.29 is 9.90 Å². The first kappa shape index (κ1) is 10.1. The Hall–Kier alpha value is -0.990. The largest absolute Gasteiger partial charge is 0.478 e. The van der Waals surface area contributed by atoms with Gasteiger partial charge in [0, 0.05) is 24.4 Å². The monoisotopic (exact) mass is 183 g/mol. The van der Waals surface area contributed by atoms with E-state index in [2.05, 4.69) is 25.7 Å². The minimum absolute atomic E-state index is 0.103. The van der Waals surface area contributed by atoms with Crippen molar-refractivity contribution in [3.63, 3.8) is 0 Å². The highest BCUT2D eigenvalue weighted by atomic mass is 16.4. The number of rotatable bonds is 2. The summed E-state index contributed by atoms with van der Waals surface area (Å²) in [5.41, 5.74) is 0.103. The molecule has 0 radical (unpaired) electrons. The second kappa shape index (κ2) is 3.40. The van der Waals surface area contributed by atoms with Crippen molar-refractivity contribution in [1.82, 2.24) is 4.90 Å². The van der Waals surface area contributed by atoms with Crippen molar-refractivity contribution >= 4 is 5.97 Å². The zero-order valence-electron chi connectivity index (χ0n) is 8.45. The number of hydrogen-bond acceptors (Lipinski definition) is 2. The highest BCUT2D eigenvalue weighted by Gasteiger charge is 2.33. The maximum Gasteiger partial charge on any atom is 0.329 e. The second-order valence-corrected chi connectivity index (χ2v) is 4.43. The van der Waals surface area contributed by atoms with Crippen LogP contribution in [0.15, 0.2) is 12.3 Å². The summed E-state index contributed by atoms with van der Waals surface area (Å²) >= 11 is 0. The highest BCUT2D eigenvalue weighted by molar-refractivity contribution is 5.79. The fourth-order valence-corrected chi connectivity index (χ4v) is 2.03. The zero-order valence-corrected chi connectivity index (χ0v) is 8.45. The first-order valence-corrected chi connectivity index (χ1v) is 4.60. The van der Waals surface area contributed by atoms with Gasteiger partial charge in [0.2, 0.25) is 0 Å². The molecule has 1 fully saturated rings. The van der Waals surface area contributed by atoms with Crippen LogP contribution in [0.3, 0.4) is 0 Å². The number of aliphatic carboxylic acids is 1. The quantitative estimate of drug-likeness (QED) is 0.662. The molecule has 1 aliphatic heterocycles. The van der Waals surface area contributed by atoms with Gasteiger partial charge in [0.25, 0.3) is 0 Å². The van der Waals surface area contributed by atoms with Crippen LogP contribution in [0.25, 0.3) is 0 Å². The highest BCUT2D eigenvalue weighted by Crippen LogP contribution is 2.32. The topological polar surface area (TPSA) is 40.5 Å². The third-order valence-electron chi connectivity index (χ3n) is 2.53. The zero-order chi connectivity index (χ0) is 10.1. The Labute approximate surface area is 79.0 Å². The van der Waals surface area contributed by atoms with Crippen molar-refractivity contribution in [2.45, 2.75) is 32.7 Å². The van der Waals surface area contributed by atoms with Gasteiger partial charge in [-0.2, -0.15) is 0 Å². The molecule has 0 bridgehead atoms. The molecule has 0 aromatic heterocycles. The molecule has 1 unspecified atom stereocenters. The average Bonchev–Trinajstić information content (AvgIpc) is 2.19. The van der Waals surface area contributed by atoms with Crippen LogP contribution in [-0.2, 0) is 4.79 Å². The molecule has 13 heavy (non-hydrogen) atoms. The van der Waals surface area contributed by atoms with E-state index in [0.29, 0.717) is 5.92 Å². The molecule has 1 N–H and O–H groups in total. The van der Waals surface area contributed by atoms with Crippen LogP contribution in [0.5, 0.6) is 0 Å². The predicted molar refractivity (Wildman–Crippen MR) is 51.3 cm³/mol. The van der Waals surface area contributed by atoms with Crippen molar-refractivity contribution in [3.05, 3.63) is 12.3 Å². The van der Waals surface area contributed by atoms with Crippen LogP contribution >= 0.6 is 0 Å². The summed E-state index contributed by atoms with van der Waals surface area (Å²) in [5.74, 6) is -0.233. The predicted octanol–water partition coefficient (Wildman–Crippen LogP) is 1.71. The number of nitrogens with zero attached hydrogens (tertiary/aromatic N) is 1. The van der Waals surface area contributed by atoms with Crippen molar-refractivity contribution in [1.29, 1.82) is 0 Å². The van der Waals surface area contributed by atoms with Crippen molar-refractivity contribution in [2.24, 2.45) is 5.92 Å². The standard InChI is InChI=1S/C10H17NO2/c1-8-6-10(2,3)11(7-8)5-4-9(12)13/h4-5,8H,6-7H2,1-3H3,(H,12,13)/b5-4+. The van der Waals surface area contributed by atoms with Gasteiger partial charge < -0.3 is 10.0 Å². The summed E-state index contributed by atoms with van der Waals surface area (Å²) in [6.45, 7) is 7.43. The molecule has 1 rings (SSSR count). The summed E-state index contributed by atoms with van der Waals surface area (Å²) in [7, 11) is 0. The lowest BCUT2D eigenvalue weighted by Crippen LogP contribution is -2.33. The third kappa shape index (κ3) is 2.47. The summed E-state index contributed by atoms with van der Waals surface area (Å²) in [6, 6.07) is 0. The van der Waals surface area contributed by atoms with E-state index in [1.807, 2.05) is 0 Å². The lowest BCUT2D eigenvalue weighted by molar-refractivity contribution is -0.131. The Kier molecular flexibility index (Phi) is 2.64. The molecule has 0 aromatic rings. The second-order valence-electron chi connectivity index (χ2n) is 4.43. The first-order chi connectivity index (χ1) is 5.92. The summed E-state index contributed by atoms with van der Waals surface area (Å²) in [4.78, 5) is 12.4. The SMILES string of the molecule is CC1CN(/C=C/C(=O)O)C(C)(C)C1. The fourth-order valence-electron chi connectivity index (χ4n) is 2.03. The van der Waals surface area contributed by atoms with Gasteiger partial charge in [-0.25, -0.2) is 4.79 Å². The van der Waals surface area contributed by atoms with Gasteiger partial charge in [-0.05, 0) is 26.2 Å². The average molecular weight is 183 g/mol. The smallest absolute Gasteiger partial charge is 0.329 e. The van der Waals surface area contributed by atoms with Gasteiger partial charge in [0.1, 0.15) is 0 Å². The van der Waals surface area contributed by atoms with E-state index in [4.69, 9.17) is 5.11 Å². The van der Waals surface area contributed by atoms with E-state index < -0.39 is 5.97 Å². The normalized spacial score (nSPS) is 27.0. The Morgan fingerprint density at radius 1 is 1.62 bits per heavy atom. The maximum atomic E-state index is 10.3. The Balaban J connectivity index is 2.65. The lowest BCUT2D eigenvalue weighted by Gasteiger charge is -2.29. The summed E-state index contributed by atoms with van der Waals surface area (Å²) in [6.07, 6.45) is 4.02. The molecule has 0 aliphatic carbocycles. The van der Waals surface area contributed by atoms with Gasteiger partial charge in [-0.15, -0.1) is 0 Å². The first-order valence-electron chi connectivity index (χ1n) is 4.60. The number of carboxylic acid groups (broad SMARTS) is 1. The fraction of sp³-hybridized carbons (Fsp3) is 0.700. The maximum absolute atomic E-state index is 10.3. The summed E-state index contributed by atoms with van der Waals surface area (Å²) < 4.78 is 0. The van der Waals surface area contributed by atoms with E-state index in [9.17, 15) is 4.79 Å². The molecule has 1 heterocycles. The van der Waals surface area contributed by atoms with Crippen LogP contribution in [0, 0.1) is 5.92 Å². The van der Waals surface area contributed by atoms with Crippen LogP contribution in [0.1, 0.15) is 27.2 Å². The van der Waals surface area contributed by atoms with Crippen molar-refractivity contribution in [2.75, 3.05) is 6.54 Å². The molecule has 74 valence electrons. The van der Waals surface area contributed by atoms with E-state index >= 15 is 0 Å². The molecule has 1 atom stereocenters. The molecule has 0 amide bonds. The molecule has 1 saturated heterocycles. The molecular formula is C10H17NO2. The minimum atomic E-state index is -0.879. The minimum Gasteiger partial charge on any atom is -0.478 e. The number of hydrogen-bond donors (Lipinski definition) is 1. The van der Waals surface area contributed by atoms with E-state index in [1.54, 1.807) is 6.20 Å².